The summed E-state index contributed by atoms with van der Waals surface area (Å²) in [5.41, 5.74) is 4.86. The summed E-state index contributed by atoms with van der Waals surface area (Å²) < 4.78 is 0. The average Bonchev–Trinajstić information content (AvgIpc) is 2.80. The Bertz CT molecular complexity index is 263. The summed E-state index contributed by atoms with van der Waals surface area (Å²) in [4.78, 5) is 13.9. The van der Waals surface area contributed by atoms with Gasteiger partial charge < -0.3 is 16.0 Å². The van der Waals surface area contributed by atoms with Gasteiger partial charge in [0.1, 0.15) is 0 Å². The summed E-state index contributed by atoms with van der Waals surface area (Å²) in [6.45, 7) is 4.06. The van der Waals surface area contributed by atoms with Gasteiger partial charge in [0.05, 0.1) is 5.54 Å². The van der Waals surface area contributed by atoms with Crippen LogP contribution in [0.4, 0.5) is 0 Å². The van der Waals surface area contributed by atoms with Crippen molar-refractivity contribution in [3.05, 3.63) is 0 Å². The van der Waals surface area contributed by atoms with Crippen molar-refractivity contribution in [1.82, 2.24) is 10.2 Å². The summed E-state index contributed by atoms with van der Waals surface area (Å²) in [7, 11) is 3.96. The lowest BCUT2D eigenvalue weighted by atomic mass is 9.92. The van der Waals surface area contributed by atoms with Gasteiger partial charge >= 0.3 is 0 Å². The summed E-state index contributed by atoms with van der Waals surface area (Å²) in [5.74, 6) is -0.272. The number of hydrogen-bond donors (Lipinski definition) is 2. The fourth-order valence-electron chi connectivity index (χ4n) is 2.73. The first-order valence-electron chi connectivity index (χ1n) is 6.61. The third kappa shape index (κ3) is 3.42. The van der Waals surface area contributed by atoms with Gasteiger partial charge in [0, 0.05) is 12.1 Å². The van der Waals surface area contributed by atoms with Crippen LogP contribution in [0.3, 0.4) is 0 Å². The summed E-state index contributed by atoms with van der Waals surface area (Å²) in [6.07, 6.45) is 5.99. The fraction of sp³-hybridized carbons (Fsp3) is 0.923. The molecular weight excluding hydrogens is 214 g/mol. The molecule has 0 aromatic heterocycles. The molecule has 17 heavy (non-hydrogen) atoms. The highest BCUT2D eigenvalue weighted by molar-refractivity contribution is 5.84. The number of primary amides is 1. The zero-order chi connectivity index (χ0) is 13.1. The van der Waals surface area contributed by atoms with Crippen molar-refractivity contribution in [1.29, 1.82) is 0 Å². The minimum Gasteiger partial charge on any atom is -0.368 e. The van der Waals surface area contributed by atoms with Gasteiger partial charge in [0.15, 0.2) is 0 Å². The molecule has 1 aliphatic carbocycles. The van der Waals surface area contributed by atoms with Crippen molar-refractivity contribution in [3.8, 4) is 0 Å². The van der Waals surface area contributed by atoms with E-state index < -0.39 is 5.54 Å². The van der Waals surface area contributed by atoms with E-state index >= 15 is 0 Å². The van der Waals surface area contributed by atoms with E-state index in [0.29, 0.717) is 12.1 Å². The van der Waals surface area contributed by atoms with Crippen LogP contribution in [0.15, 0.2) is 0 Å². The van der Waals surface area contributed by atoms with E-state index in [9.17, 15) is 4.79 Å². The van der Waals surface area contributed by atoms with E-state index in [0.717, 1.165) is 6.42 Å². The molecule has 2 atom stereocenters. The fourth-order valence-corrected chi connectivity index (χ4v) is 2.73. The first-order valence-corrected chi connectivity index (χ1v) is 6.61. The Labute approximate surface area is 105 Å². The van der Waals surface area contributed by atoms with Crippen LogP contribution in [0.25, 0.3) is 0 Å². The van der Waals surface area contributed by atoms with E-state index in [-0.39, 0.29) is 5.91 Å². The van der Waals surface area contributed by atoms with Gasteiger partial charge in [0.25, 0.3) is 0 Å². The summed E-state index contributed by atoms with van der Waals surface area (Å²) in [5, 5.41) is 3.05. The number of carbonyl (C=O) groups is 1. The van der Waals surface area contributed by atoms with Crippen LogP contribution in [0, 0.1) is 0 Å². The van der Waals surface area contributed by atoms with Crippen LogP contribution in [0.5, 0.6) is 0 Å². The second kappa shape index (κ2) is 5.83. The number of amides is 1. The molecule has 1 fully saturated rings. The second-order valence-electron chi connectivity index (χ2n) is 5.60. The molecule has 1 rings (SSSR count). The maximum Gasteiger partial charge on any atom is 0.237 e. The highest BCUT2D eigenvalue weighted by atomic mass is 16.1. The topological polar surface area (TPSA) is 58.4 Å². The largest absolute Gasteiger partial charge is 0.368 e. The normalized spacial score (nSPS) is 22.6. The lowest BCUT2D eigenvalue weighted by molar-refractivity contribution is -0.124. The van der Waals surface area contributed by atoms with Gasteiger partial charge in [-0.05, 0) is 47.2 Å². The Balaban J connectivity index is 2.57. The smallest absolute Gasteiger partial charge is 0.237 e. The minimum absolute atomic E-state index is 0.272. The van der Waals surface area contributed by atoms with Crippen LogP contribution < -0.4 is 11.1 Å². The number of rotatable bonds is 6. The maximum absolute atomic E-state index is 11.5. The molecule has 4 heteroatoms. The molecule has 0 heterocycles. The second-order valence-corrected chi connectivity index (χ2v) is 5.60. The molecule has 0 aromatic carbocycles. The van der Waals surface area contributed by atoms with E-state index in [1.165, 1.54) is 25.7 Å². The number of nitrogens with two attached hydrogens (primary N) is 1. The lowest BCUT2D eigenvalue weighted by Crippen LogP contribution is -2.55. The van der Waals surface area contributed by atoms with Crippen molar-refractivity contribution < 1.29 is 4.79 Å². The minimum atomic E-state index is -0.605. The molecule has 1 saturated carbocycles. The first kappa shape index (κ1) is 14.5. The number of nitrogens with one attached hydrogen (secondary N) is 1. The molecule has 1 aliphatic rings. The van der Waals surface area contributed by atoms with Crippen LogP contribution in [-0.4, -0.2) is 42.5 Å². The molecule has 0 bridgehead atoms. The number of carbonyl (C=O) groups excluding carboxylic acids is 1. The molecule has 2 unspecified atom stereocenters. The van der Waals surface area contributed by atoms with Gasteiger partial charge in [-0.3, -0.25) is 4.79 Å². The van der Waals surface area contributed by atoms with Gasteiger partial charge in [-0.25, -0.2) is 0 Å². The first-order chi connectivity index (χ1) is 7.90. The molecule has 100 valence electrons. The van der Waals surface area contributed by atoms with Crippen molar-refractivity contribution in [2.45, 2.75) is 63.6 Å². The van der Waals surface area contributed by atoms with Crippen LogP contribution in [0.1, 0.15) is 46.0 Å². The molecule has 0 radical (unpaired) electrons. The van der Waals surface area contributed by atoms with Crippen molar-refractivity contribution in [2.24, 2.45) is 5.73 Å². The Morgan fingerprint density at radius 2 is 2.06 bits per heavy atom. The van der Waals surface area contributed by atoms with Gasteiger partial charge in [-0.15, -0.1) is 0 Å². The van der Waals surface area contributed by atoms with Crippen molar-refractivity contribution in [3.63, 3.8) is 0 Å². The Morgan fingerprint density at radius 3 is 2.47 bits per heavy atom. The molecule has 0 spiro atoms. The number of likely N-dealkylation sites (N-methyl/N-ethyl adjacent to an activating group) is 1. The Hall–Kier alpha value is -0.610. The monoisotopic (exact) mass is 241 g/mol. The lowest BCUT2D eigenvalue weighted by Gasteiger charge is -2.36. The zero-order valence-electron chi connectivity index (χ0n) is 11.6. The average molecular weight is 241 g/mol. The zero-order valence-corrected chi connectivity index (χ0v) is 11.6. The molecule has 0 aliphatic heterocycles. The summed E-state index contributed by atoms with van der Waals surface area (Å²) in [6, 6.07) is 1.04. The predicted molar refractivity (Wildman–Crippen MR) is 70.8 cm³/mol. The van der Waals surface area contributed by atoms with Crippen molar-refractivity contribution >= 4 is 5.91 Å². The Morgan fingerprint density at radius 1 is 1.53 bits per heavy atom. The standard InChI is InChI=1S/C13H27N3O/c1-10(9-13(2,15-3)12(14)17)16(4)11-7-5-6-8-11/h10-11,15H,5-9H2,1-4H3,(H2,14,17). The van der Waals surface area contributed by atoms with Crippen LogP contribution in [0.2, 0.25) is 0 Å². The van der Waals surface area contributed by atoms with E-state index in [1.807, 2.05) is 6.92 Å². The third-order valence-corrected chi connectivity index (χ3v) is 4.40. The molecule has 3 N–H and O–H groups in total. The van der Waals surface area contributed by atoms with Gasteiger partial charge in [0.2, 0.25) is 5.91 Å². The molecule has 0 saturated heterocycles. The highest BCUT2D eigenvalue weighted by Gasteiger charge is 2.33. The van der Waals surface area contributed by atoms with E-state index in [1.54, 1.807) is 7.05 Å². The van der Waals surface area contributed by atoms with E-state index in [2.05, 4.69) is 24.2 Å². The van der Waals surface area contributed by atoms with Gasteiger partial charge in [-0.2, -0.15) is 0 Å². The maximum atomic E-state index is 11.5. The van der Waals surface area contributed by atoms with Gasteiger partial charge in [-0.1, -0.05) is 12.8 Å². The third-order valence-electron chi connectivity index (χ3n) is 4.40. The highest BCUT2D eigenvalue weighted by Crippen LogP contribution is 2.26. The van der Waals surface area contributed by atoms with Crippen LogP contribution >= 0.6 is 0 Å². The molecule has 1 amide bonds. The molecular formula is C13H27N3O. The van der Waals surface area contributed by atoms with E-state index in [4.69, 9.17) is 5.73 Å². The predicted octanol–water partition coefficient (Wildman–Crippen LogP) is 1.10. The molecule has 4 nitrogen and oxygen atoms in total. The number of nitrogens with zero attached hydrogens (tertiary/aromatic N) is 1. The molecule has 0 aromatic rings. The SMILES string of the molecule is CNC(C)(CC(C)N(C)C1CCCC1)C(N)=O. The number of hydrogen-bond acceptors (Lipinski definition) is 3. The van der Waals surface area contributed by atoms with Crippen LogP contribution in [-0.2, 0) is 4.79 Å². The quantitative estimate of drug-likeness (QED) is 0.732. The van der Waals surface area contributed by atoms with Crippen molar-refractivity contribution in [2.75, 3.05) is 14.1 Å². The summed E-state index contributed by atoms with van der Waals surface area (Å²) >= 11 is 0. The Kier molecular flexibility index (Phi) is 4.95.